The third kappa shape index (κ3) is 2.33. The third-order valence-electron chi connectivity index (χ3n) is 4.71. The van der Waals surface area contributed by atoms with Crippen LogP contribution in [0.3, 0.4) is 0 Å². The number of aromatic nitrogens is 1. The van der Waals surface area contributed by atoms with E-state index < -0.39 is 7.12 Å². The van der Waals surface area contributed by atoms with Crippen LogP contribution in [0.1, 0.15) is 0 Å². The maximum Gasteiger partial charge on any atom is 0.489 e. The highest BCUT2D eigenvalue weighted by atomic mass is 32.1. The molecule has 0 radical (unpaired) electrons. The minimum absolute atomic E-state index is 0.543. The number of rotatable bonds is 2. The molecule has 0 atom stereocenters. The molecule has 3 nitrogen and oxygen atoms in total. The minimum Gasteiger partial charge on any atom is -0.423 e. The summed E-state index contributed by atoms with van der Waals surface area (Å²) in [7, 11) is -1.48. The second-order valence-corrected chi connectivity index (χ2v) is 7.29. The standard InChI is InChI=1S/C21H14BNO2S/c24-22(25)17-9-4-7-15-14-6-3-8-16(20(14)26-21(15)17)19-12-11-13-5-1-2-10-18(13)23-19/h1-12,24-25H. The first kappa shape index (κ1) is 15.5. The Bertz CT molecular complexity index is 1280. The quantitative estimate of drug-likeness (QED) is 0.472. The van der Waals surface area contributed by atoms with Gasteiger partial charge in [0.25, 0.3) is 0 Å². The highest BCUT2D eigenvalue weighted by Gasteiger charge is 2.19. The maximum atomic E-state index is 9.70. The van der Waals surface area contributed by atoms with E-state index in [0.29, 0.717) is 5.46 Å². The fourth-order valence-corrected chi connectivity index (χ4v) is 4.82. The van der Waals surface area contributed by atoms with Gasteiger partial charge in [-0.15, -0.1) is 11.3 Å². The molecule has 0 amide bonds. The summed E-state index contributed by atoms with van der Waals surface area (Å²) in [5.74, 6) is 0. The Kier molecular flexibility index (Phi) is 3.53. The summed E-state index contributed by atoms with van der Waals surface area (Å²) in [4.78, 5) is 4.83. The van der Waals surface area contributed by atoms with Crippen LogP contribution >= 0.6 is 11.3 Å². The lowest BCUT2D eigenvalue weighted by atomic mass is 9.80. The van der Waals surface area contributed by atoms with E-state index in [0.717, 1.165) is 42.3 Å². The SMILES string of the molecule is OB(O)c1cccc2c1sc1c(-c3ccc4ccccc4n3)cccc12. The molecular weight excluding hydrogens is 341 g/mol. The number of nitrogens with zero attached hydrogens (tertiary/aromatic N) is 1. The number of fused-ring (bicyclic) bond motifs is 4. The zero-order valence-electron chi connectivity index (χ0n) is 13.8. The van der Waals surface area contributed by atoms with Crippen LogP contribution in [0.15, 0.2) is 72.8 Å². The Hall–Kier alpha value is -2.73. The molecular formula is C21H14BNO2S. The van der Waals surface area contributed by atoms with E-state index >= 15 is 0 Å². The Labute approximate surface area is 154 Å². The Morgan fingerprint density at radius 2 is 1.50 bits per heavy atom. The molecule has 5 rings (SSSR count). The molecule has 0 aliphatic heterocycles. The molecule has 5 aromatic rings. The molecule has 2 N–H and O–H groups in total. The number of pyridine rings is 1. The average molecular weight is 355 g/mol. The third-order valence-corrected chi connectivity index (χ3v) is 6.01. The summed E-state index contributed by atoms with van der Waals surface area (Å²) in [5, 5.41) is 22.7. The van der Waals surface area contributed by atoms with E-state index in [1.807, 2.05) is 42.5 Å². The van der Waals surface area contributed by atoms with Crippen LogP contribution < -0.4 is 5.46 Å². The second-order valence-electron chi connectivity index (χ2n) is 6.27. The lowest BCUT2D eigenvalue weighted by Gasteiger charge is -2.04. The first-order chi connectivity index (χ1) is 12.7. The molecule has 2 heterocycles. The van der Waals surface area contributed by atoms with E-state index in [1.54, 1.807) is 17.4 Å². The zero-order chi connectivity index (χ0) is 17.7. The molecule has 0 spiro atoms. The second kappa shape index (κ2) is 5.92. The predicted octanol–water partition coefficient (Wildman–Crippen LogP) is 3.95. The summed E-state index contributed by atoms with van der Waals surface area (Å²) in [6, 6.07) is 24.0. The van der Waals surface area contributed by atoms with E-state index in [4.69, 9.17) is 4.98 Å². The highest BCUT2D eigenvalue weighted by Crippen LogP contribution is 2.39. The zero-order valence-corrected chi connectivity index (χ0v) is 14.6. The van der Waals surface area contributed by atoms with Gasteiger partial charge in [-0.25, -0.2) is 4.98 Å². The van der Waals surface area contributed by atoms with Gasteiger partial charge in [-0.3, -0.25) is 0 Å². The van der Waals surface area contributed by atoms with Crippen LogP contribution in [-0.4, -0.2) is 22.2 Å². The van der Waals surface area contributed by atoms with Crippen molar-refractivity contribution in [3.63, 3.8) is 0 Å². The van der Waals surface area contributed by atoms with Crippen molar-refractivity contribution in [3.05, 3.63) is 72.8 Å². The van der Waals surface area contributed by atoms with E-state index in [1.165, 1.54) is 0 Å². The fourth-order valence-electron chi connectivity index (χ4n) is 3.46. The van der Waals surface area contributed by atoms with Crippen molar-refractivity contribution in [2.24, 2.45) is 0 Å². The topological polar surface area (TPSA) is 53.4 Å². The summed E-state index contributed by atoms with van der Waals surface area (Å²) in [6.45, 7) is 0. The molecule has 124 valence electrons. The molecule has 2 aromatic heterocycles. The van der Waals surface area contributed by atoms with Crippen molar-refractivity contribution in [2.45, 2.75) is 0 Å². The van der Waals surface area contributed by atoms with Gasteiger partial charge in [-0.2, -0.15) is 0 Å². The van der Waals surface area contributed by atoms with Crippen molar-refractivity contribution in [1.29, 1.82) is 0 Å². The summed E-state index contributed by atoms with van der Waals surface area (Å²) < 4.78 is 2.02. The molecule has 0 bridgehead atoms. The van der Waals surface area contributed by atoms with E-state index in [-0.39, 0.29) is 0 Å². The van der Waals surface area contributed by atoms with Crippen LogP contribution in [0.4, 0.5) is 0 Å². The number of thiophene rings is 1. The number of para-hydroxylation sites is 1. The maximum absolute atomic E-state index is 9.70. The lowest BCUT2D eigenvalue weighted by Crippen LogP contribution is -2.29. The normalized spacial score (nSPS) is 11.5. The van der Waals surface area contributed by atoms with E-state index in [9.17, 15) is 10.0 Å². The van der Waals surface area contributed by atoms with Gasteiger partial charge in [0.05, 0.1) is 11.2 Å². The number of benzene rings is 3. The molecule has 5 heteroatoms. The molecule has 0 aliphatic rings. The van der Waals surface area contributed by atoms with Crippen LogP contribution in [0.2, 0.25) is 0 Å². The van der Waals surface area contributed by atoms with Crippen LogP contribution in [0.5, 0.6) is 0 Å². The van der Waals surface area contributed by atoms with Crippen molar-refractivity contribution < 1.29 is 10.0 Å². The van der Waals surface area contributed by atoms with Crippen molar-refractivity contribution in [3.8, 4) is 11.3 Å². The van der Waals surface area contributed by atoms with Crippen molar-refractivity contribution in [1.82, 2.24) is 4.98 Å². The predicted molar refractivity (Wildman–Crippen MR) is 110 cm³/mol. The smallest absolute Gasteiger partial charge is 0.423 e. The molecule has 0 aliphatic carbocycles. The summed E-state index contributed by atoms with van der Waals surface area (Å²) in [6.07, 6.45) is 0. The average Bonchev–Trinajstić information content (AvgIpc) is 3.06. The van der Waals surface area contributed by atoms with Gasteiger partial charge in [-0.1, -0.05) is 60.7 Å². The molecule has 26 heavy (non-hydrogen) atoms. The monoisotopic (exact) mass is 355 g/mol. The highest BCUT2D eigenvalue weighted by molar-refractivity contribution is 7.27. The van der Waals surface area contributed by atoms with Gasteiger partial charge >= 0.3 is 7.12 Å². The van der Waals surface area contributed by atoms with Gasteiger partial charge in [0.2, 0.25) is 0 Å². The summed E-state index contributed by atoms with van der Waals surface area (Å²) in [5.41, 5.74) is 3.50. The lowest BCUT2D eigenvalue weighted by molar-refractivity contribution is 0.426. The summed E-state index contributed by atoms with van der Waals surface area (Å²) >= 11 is 1.58. The molecule has 0 unspecified atom stereocenters. The van der Waals surface area contributed by atoms with E-state index in [2.05, 4.69) is 24.3 Å². The first-order valence-corrected chi connectivity index (χ1v) is 9.20. The molecule has 0 saturated heterocycles. The Morgan fingerprint density at radius 1 is 0.731 bits per heavy atom. The number of hydrogen-bond donors (Lipinski definition) is 2. The van der Waals surface area contributed by atoms with Gasteiger partial charge < -0.3 is 10.0 Å². The van der Waals surface area contributed by atoms with Gasteiger partial charge in [0, 0.05) is 25.7 Å². The number of hydrogen-bond acceptors (Lipinski definition) is 4. The van der Waals surface area contributed by atoms with Crippen LogP contribution in [0.25, 0.3) is 42.3 Å². The van der Waals surface area contributed by atoms with Crippen LogP contribution in [-0.2, 0) is 0 Å². The fraction of sp³-hybridized carbons (Fsp3) is 0. The van der Waals surface area contributed by atoms with Gasteiger partial charge in [-0.05, 0) is 23.0 Å². The largest absolute Gasteiger partial charge is 0.489 e. The van der Waals surface area contributed by atoms with Gasteiger partial charge in [0.1, 0.15) is 0 Å². The van der Waals surface area contributed by atoms with Crippen LogP contribution in [0, 0.1) is 0 Å². The molecule has 0 fully saturated rings. The first-order valence-electron chi connectivity index (χ1n) is 8.39. The van der Waals surface area contributed by atoms with Gasteiger partial charge in [0.15, 0.2) is 0 Å². The minimum atomic E-state index is -1.48. The van der Waals surface area contributed by atoms with Crippen molar-refractivity contribution >= 4 is 55.0 Å². The Balaban J connectivity index is 1.82. The molecule has 3 aromatic carbocycles. The molecule has 0 saturated carbocycles. The Morgan fingerprint density at radius 3 is 2.35 bits per heavy atom. The van der Waals surface area contributed by atoms with Crippen molar-refractivity contribution in [2.75, 3.05) is 0 Å².